The fourth-order valence-corrected chi connectivity index (χ4v) is 1.80. The molecule has 0 radical (unpaired) electrons. The average Bonchev–Trinajstić information content (AvgIpc) is 2.43. The van der Waals surface area contributed by atoms with E-state index in [9.17, 15) is 9.50 Å². The number of hydrogen-bond donors (Lipinski definition) is 2. The number of ether oxygens (including phenoxy) is 1. The molecule has 3 nitrogen and oxygen atoms in total. The van der Waals surface area contributed by atoms with Crippen LogP contribution in [0.1, 0.15) is 11.5 Å². The summed E-state index contributed by atoms with van der Waals surface area (Å²) in [4.78, 5) is 0. The van der Waals surface area contributed by atoms with Crippen LogP contribution in [0.5, 0.6) is 11.5 Å². The zero-order chi connectivity index (χ0) is 13.7. The van der Waals surface area contributed by atoms with E-state index in [0.717, 1.165) is 5.56 Å². The fourth-order valence-electron chi connectivity index (χ4n) is 1.80. The van der Waals surface area contributed by atoms with E-state index in [2.05, 4.69) is 0 Å². The maximum absolute atomic E-state index is 13.4. The van der Waals surface area contributed by atoms with Crippen LogP contribution < -0.4 is 10.5 Å². The lowest BCUT2D eigenvalue weighted by atomic mass is 10.0. The zero-order valence-electron chi connectivity index (χ0n) is 10.4. The molecule has 19 heavy (non-hydrogen) atoms. The van der Waals surface area contributed by atoms with Gasteiger partial charge in [0.25, 0.3) is 0 Å². The Morgan fingerprint density at radius 3 is 2.42 bits per heavy atom. The third-order valence-corrected chi connectivity index (χ3v) is 2.93. The van der Waals surface area contributed by atoms with Gasteiger partial charge in [0.05, 0.1) is 6.61 Å². The normalized spacial score (nSPS) is 12.1. The Balaban J connectivity index is 2.04. The Morgan fingerprint density at radius 1 is 1.11 bits per heavy atom. The number of aromatic hydroxyl groups is 1. The van der Waals surface area contributed by atoms with Crippen LogP contribution in [0.25, 0.3) is 0 Å². The fraction of sp³-hybridized carbons (Fsp3) is 0.200. The summed E-state index contributed by atoms with van der Waals surface area (Å²) in [7, 11) is 0. The molecular weight excluding hydrogens is 245 g/mol. The molecule has 1 atom stereocenters. The number of para-hydroxylation sites is 1. The van der Waals surface area contributed by atoms with Crippen molar-refractivity contribution in [1.29, 1.82) is 0 Å². The van der Waals surface area contributed by atoms with Crippen LogP contribution >= 0.6 is 0 Å². The van der Waals surface area contributed by atoms with Crippen molar-refractivity contribution in [2.75, 3.05) is 13.2 Å². The van der Waals surface area contributed by atoms with Gasteiger partial charge < -0.3 is 15.6 Å². The lowest BCUT2D eigenvalue weighted by Crippen LogP contribution is -2.19. The molecule has 0 heterocycles. The van der Waals surface area contributed by atoms with Crippen molar-refractivity contribution >= 4 is 0 Å². The van der Waals surface area contributed by atoms with E-state index in [0.29, 0.717) is 13.2 Å². The highest BCUT2D eigenvalue weighted by Crippen LogP contribution is 2.21. The van der Waals surface area contributed by atoms with E-state index in [1.165, 1.54) is 6.07 Å². The molecule has 0 aliphatic heterocycles. The first-order valence-corrected chi connectivity index (χ1v) is 6.07. The number of phenols is 1. The third kappa shape index (κ3) is 3.45. The van der Waals surface area contributed by atoms with E-state index in [4.69, 9.17) is 10.5 Å². The van der Waals surface area contributed by atoms with Crippen molar-refractivity contribution in [3.8, 4) is 11.5 Å². The minimum atomic E-state index is -0.385. The van der Waals surface area contributed by atoms with Crippen LogP contribution in [0.2, 0.25) is 0 Å². The number of phenolic OH excluding ortho intramolecular Hbond substituents is 1. The topological polar surface area (TPSA) is 55.5 Å². The van der Waals surface area contributed by atoms with Gasteiger partial charge in [0.1, 0.15) is 5.75 Å². The van der Waals surface area contributed by atoms with E-state index in [1.807, 2.05) is 0 Å². The van der Waals surface area contributed by atoms with Crippen molar-refractivity contribution in [2.24, 2.45) is 5.73 Å². The van der Waals surface area contributed by atoms with Crippen molar-refractivity contribution in [3.63, 3.8) is 0 Å². The predicted octanol–water partition coefficient (Wildman–Crippen LogP) is 2.65. The summed E-state index contributed by atoms with van der Waals surface area (Å²) >= 11 is 0. The number of rotatable bonds is 5. The van der Waals surface area contributed by atoms with Gasteiger partial charge in [-0.1, -0.05) is 24.3 Å². The molecule has 0 aliphatic rings. The molecule has 0 aromatic heterocycles. The summed E-state index contributed by atoms with van der Waals surface area (Å²) in [6, 6.07) is 13.0. The maximum atomic E-state index is 13.4. The van der Waals surface area contributed by atoms with Crippen LogP contribution in [0.3, 0.4) is 0 Å². The highest BCUT2D eigenvalue weighted by Gasteiger charge is 2.12. The van der Waals surface area contributed by atoms with E-state index in [1.54, 1.807) is 42.5 Å². The Bertz CT molecular complexity index is 528. The number of nitrogens with two attached hydrogens (primary N) is 1. The Kier molecular flexibility index (Phi) is 4.36. The molecule has 1 unspecified atom stereocenters. The van der Waals surface area contributed by atoms with Crippen LogP contribution in [0.4, 0.5) is 4.39 Å². The Morgan fingerprint density at radius 2 is 1.79 bits per heavy atom. The largest absolute Gasteiger partial charge is 0.508 e. The summed E-state index contributed by atoms with van der Waals surface area (Å²) in [6.45, 7) is 0.682. The molecule has 0 saturated heterocycles. The monoisotopic (exact) mass is 261 g/mol. The van der Waals surface area contributed by atoms with Crippen LogP contribution in [0.15, 0.2) is 48.5 Å². The molecule has 3 N–H and O–H groups in total. The van der Waals surface area contributed by atoms with Gasteiger partial charge in [-0.25, -0.2) is 4.39 Å². The quantitative estimate of drug-likeness (QED) is 0.870. The lowest BCUT2D eigenvalue weighted by molar-refractivity contribution is 0.277. The van der Waals surface area contributed by atoms with Crippen LogP contribution in [-0.2, 0) is 0 Å². The van der Waals surface area contributed by atoms with Gasteiger partial charge in [0, 0.05) is 12.5 Å². The molecule has 0 aliphatic carbocycles. The molecular formula is C15H16FNO2. The molecule has 2 aromatic rings. The molecule has 100 valence electrons. The highest BCUT2D eigenvalue weighted by atomic mass is 19.1. The van der Waals surface area contributed by atoms with Crippen LogP contribution in [0, 0.1) is 5.82 Å². The van der Waals surface area contributed by atoms with E-state index in [-0.39, 0.29) is 23.2 Å². The van der Waals surface area contributed by atoms with Crippen molar-refractivity contribution in [1.82, 2.24) is 0 Å². The molecule has 0 bridgehead atoms. The second-order valence-electron chi connectivity index (χ2n) is 4.27. The smallest absolute Gasteiger partial charge is 0.165 e. The molecule has 0 fully saturated rings. The first kappa shape index (κ1) is 13.4. The highest BCUT2D eigenvalue weighted by molar-refractivity contribution is 5.29. The molecule has 2 aromatic carbocycles. The first-order chi connectivity index (χ1) is 9.20. The van der Waals surface area contributed by atoms with Gasteiger partial charge in [-0.2, -0.15) is 0 Å². The number of halogens is 1. The second-order valence-corrected chi connectivity index (χ2v) is 4.27. The SMILES string of the molecule is NCC(COc1ccccc1F)c1ccc(O)cc1. The second kappa shape index (κ2) is 6.20. The lowest BCUT2D eigenvalue weighted by Gasteiger charge is -2.16. The molecule has 0 amide bonds. The first-order valence-electron chi connectivity index (χ1n) is 6.07. The minimum Gasteiger partial charge on any atom is -0.508 e. The summed E-state index contributed by atoms with van der Waals surface area (Å²) in [5.41, 5.74) is 6.66. The summed E-state index contributed by atoms with van der Waals surface area (Å²) in [5, 5.41) is 9.24. The third-order valence-electron chi connectivity index (χ3n) is 2.93. The molecule has 0 saturated carbocycles. The Hall–Kier alpha value is -2.07. The van der Waals surface area contributed by atoms with Gasteiger partial charge in [-0.05, 0) is 29.8 Å². The standard InChI is InChI=1S/C15H16FNO2/c16-14-3-1-2-4-15(14)19-10-12(9-17)11-5-7-13(18)8-6-11/h1-8,12,18H,9-10,17H2. The number of benzene rings is 2. The van der Waals surface area contributed by atoms with E-state index < -0.39 is 0 Å². The number of hydrogen-bond acceptors (Lipinski definition) is 3. The van der Waals surface area contributed by atoms with Gasteiger partial charge in [-0.3, -0.25) is 0 Å². The van der Waals surface area contributed by atoms with E-state index >= 15 is 0 Å². The van der Waals surface area contributed by atoms with Crippen molar-refractivity contribution in [2.45, 2.75) is 5.92 Å². The van der Waals surface area contributed by atoms with Gasteiger partial charge >= 0.3 is 0 Å². The van der Waals surface area contributed by atoms with Gasteiger partial charge in [0.2, 0.25) is 0 Å². The summed E-state index contributed by atoms with van der Waals surface area (Å²) < 4.78 is 18.9. The minimum absolute atomic E-state index is 0.0415. The van der Waals surface area contributed by atoms with Gasteiger partial charge in [0.15, 0.2) is 11.6 Å². The molecule has 4 heteroatoms. The van der Waals surface area contributed by atoms with Crippen molar-refractivity contribution in [3.05, 3.63) is 59.9 Å². The van der Waals surface area contributed by atoms with Gasteiger partial charge in [-0.15, -0.1) is 0 Å². The average molecular weight is 261 g/mol. The summed E-state index contributed by atoms with van der Waals surface area (Å²) in [6.07, 6.45) is 0. The zero-order valence-corrected chi connectivity index (χ0v) is 10.4. The molecule has 0 spiro atoms. The van der Waals surface area contributed by atoms with Crippen molar-refractivity contribution < 1.29 is 14.2 Å². The molecule has 2 rings (SSSR count). The maximum Gasteiger partial charge on any atom is 0.165 e. The Labute approximate surface area is 111 Å². The summed E-state index contributed by atoms with van der Waals surface area (Å²) in [5.74, 6) is -0.00143. The van der Waals surface area contributed by atoms with Crippen LogP contribution in [-0.4, -0.2) is 18.3 Å². The predicted molar refractivity (Wildman–Crippen MR) is 71.8 cm³/mol.